The van der Waals surface area contributed by atoms with E-state index in [9.17, 15) is 0 Å². The number of rotatable bonds is 18. The molecule has 0 unspecified atom stereocenters. The lowest BCUT2D eigenvalue weighted by Gasteiger charge is -2.16. The van der Waals surface area contributed by atoms with Crippen LogP contribution in [-0.4, -0.2) is 13.2 Å². The van der Waals surface area contributed by atoms with E-state index in [-0.39, 0.29) is 0 Å². The lowest BCUT2D eigenvalue weighted by molar-refractivity contribution is 0.305. The monoisotopic (exact) mass is 586 g/mol. The van der Waals surface area contributed by atoms with Gasteiger partial charge in [-0.1, -0.05) is 157 Å². The van der Waals surface area contributed by atoms with Crippen molar-refractivity contribution < 1.29 is 9.47 Å². The molecule has 230 valence electrons. The molecule has 0 amide bonds. The molecule has 5 aromatic carbocycles. The number of hydrogen-bond acceptors (Lipinski definition) is 2. The van der Waals surface area contributed by atoms with E-state index in [0.29, 0.717) is 0 Å². The van der Waals surface area contributed by atoms with E-state index in [1.807, 2.05) is 0 Å². The van der Waals surface area contributed by atoms with Crippen molar-refractivity contribution in [1.29, 1.82) is 0 Å². The van der Waals surface area contributed by atoms with Gasteiger partial charge >= 0.3 is 0 Å². The van der Waals surface area contributed by atoms with Crippen molar-refractivity contribution in [2.75, 3.05) is 13.2 Å². The standard InChI is InChI=1S/C42H50O2/c1-3-5-7-9-11-17-30-43-40-24-15-13-21-36(40)35-29-27-33-26-28-34-20-19-23-38(42(34)39(33)32-35)37-22-14-16-25-41(37)44-31-18-12-10-8-6-4-2/h13-16,19-29,32H,3-12,17-18,30-31H2,1-2H3. The summed E-state index contributed by atoms with van der Waals surface area (Å²) in [4.78, 5) is 0. The molecule has 5 aromatic rings. The molecule has 0 aliphatic heterocycles. The lowest BCUT2D eigenvalue weighted by Crippen LogP contribution is -1.99. The van der Waals surface area contributed by atoms with Crippen molar-refractivity contribution in [2.24, 2.45) is 0 Å². The van der Waals surface area contributed by atoms with Crippen LogP contribution in [0.5, 0.6) is 11.5 Å². The molecular formula is C42H50O2. The van der Waals surface area contributed by atoms with Crippen molar-refractivity contribution in [3.05, 3.63) is 97.1 Å². The highest BCUT2D eigenvalue weighted by atomic mass is 16.5. The Kier molecular flexibility index (Phi) is 12.2. The maximum atomic E-state index is 6.43. The van der Waals surface area contributed by atoms with Crippen molar-refractivity contribution in [3.63, 3.8) is 0 Å². The number of fused-ring (bicyclic) bond motifs is 3. The second-order valence-corrected chi connectivity index (χ2v) is 12.1. The third-order valence-corrected chi connectivity index (χ3v) is 8.75. The highest BCUT2D eigenvalue weighted by Crippen LogP contribution is 2.40. The summed E-state index contributed by atoms with van der Waals surface area (Å²) in [5, 5.41) is 5.01. The molecule has 0 heterocycles. The summed E-state index contributed by atoms with van der Waals surface area (Å²) in [5.74, 6) is 1.93. The van der Waals surface area contributed by atoms with Crippen LogP contribution in [0.2, 0.25) is 0 Å². The normalized spacial score (nSPS) is 11.3. The maximum absolute atomic E-state index is 6.43. The predicted molar refractivity (Wildman–Crippen MR) is 190 cm³/mol. The third kappa shape index (κ3) is 8.23. The molecule has 0 saturated carbocycles. The Bertz CT molecular complexity index is 1600. The molecule has 0 aliphatic rings. The van der Waals surface area contributed by atoms with Crippen LogP contribution >= 0.6 is 0 Å². The Labute approximate surface area is 265 Å². The number of unbranched alkanes of at least 4 members (excludes halogenated alkanes) is 10. The zero-order valence-electron chi connectivity index (χ0n) is 27.0. The van der Waals surface area contributed by atoms with E-state index >= 15 is 0 Å². The molecule has 0 saturated heterocycles. The van der Waals surface area contributed by atoms with Gasteiger partial charge in [-0.15, -0.1) is 0 Å². The molecule has 0 atom stereocenters. The maximum Gasteiger partial charge on any atom is 0.127 e. The van der Waals surface area contributed by atoms with Crippen LogP contribution in [-0.2, 0) is 0 Å². The average molecular weight is 587 g/mol. The van der Waals surface area contributed by atoms with Crippen LogP contribution in [0.3, 0.4) is 0 Å². The molecule has 2 heteroatoms. The molecular weight excluding hydrogens is 536 g/mol. The Morgan fingerprint density at radius 1 is 0.432 bits per heavy atom. The lowest BCUT2D eigenvalue weighted by atomic mass is 9.91. The van der Waals surface area contributed by atoms with Crippen LogP contribution in [0.25, 0.3) is 43.8 Å². The Balaban J connectivity index is 1.42. The van der Waals surface area contributed by atoms with Crippen LogP contribution < -0.4 is 9.47 Å². The van der Waals surface area contributed by atoms with Gasteiger partial charge in [-0.2, -0.15) is 0 Å². The third-order valence-electron chi connectivity index (χ3n) is 8.75. The van der Waals surface area contributed by atoms with Gasteiger partial charge in [-0.05, 0) is 63.7 Å². The van der Waals surface area contributed by atoms with E-state index < -0.39 is 0 Å². The van der Waals surface area contributed by atoms with Crippen LogP contribution in [0.4, 0.5) is 0 Å². The number of ether oxygens (including phenoxy) is 2. The minimum absolute atomic E-state index is 0.758. The highest BCUT2D eigenvalue weighted by molar-refractivity contribution is 6.15. The molecule has 0 aliphatic carbocycles. The fourth-order valence-corrected chi connectivity index (χ4v) is 6.27. The second kappa shape index (κ2) is 16.9. The first-order valence-electron chi connectivity index (χ1n) is 17.2. The summed E-state index contributed by atoms with van der Waals surface area (Å²) < 4.78 is 12.8. The molecule has 0 fully saturated rings. The Morgan fingerprint density at radius 3 is 1.64 bits per heavy atom. The van der Waals surface area contributed by atoms with Crippen LogP contribution in [0.15, 0.2) is 97.1 Å². The molecule has 0 spiro atoms. The first kappa shape index (κ1) is 31.6. The molecule has 44 heavy (non-hydrogen) atoms. The average Bonchev–Trinajstić information content (AvgIpc) is 3.07. The predicted octanol–water partition coefficient (Wildman–Crippen LogP) is 12.8. The van der Waals surface area contributed by atoms with Gasteiger partial charge in [-0.3, -0.25) is 0 Å². The van der Waals surface area contributed by atoms with E-state index in [2.05, 4.69) is 111 Å². The highest BCUT2D eigenvalue weighted by Gasteiger charge is 2.14. The van der Waals surface area contributed by atoms with E-state index in [4.69, 9.17) is 9.47 Å². The molecule has 0 N–H and O–H groups in total. The summed E-state index contributed by atoms with van der Waals surface area (Å²) >= 11 is 0. The fraction of sp³-hybridized carbons (Fsp3) is 0.381. The fourth-order valence-electron chi connectivity index (χ4n) is 6.27. The van der Waals surface area contributed by atoms with E-state index in [0.717, 1.165) is 48.7 Å². The van der Waals surface area contributed by atoms with Crippen LogP contribution in [0.1, 0.15) is 90.9 Å². The zero-order valence-corrected chi connectivity index (χ0v) is 27.0. The van der Waals surface area contributed by atoms with Gasteiger partial charge in [0.05, 0.1) is 13.2 Å². The summed E-state index contributed by atoms with van der Waals surface area (Å²) in [5.41, 5.74) is 4.71. The topological polar surface area (TPSA) is 18.5 Å². The van der Waals surface area contributed by atoms with Gasteiger partial charge in [0.15, 0.2) is 0 Å². The van der Waals surface area contributed by atoms with Crippen molar-refractivity contribution in [2.45, 2.75) is 90.9 Å². The quantitative estimate of drug-likeness (QED) is 0.0751. The minimum atomic E-state index is 0.758. The van der Waals surface area contributed by atoms with Gasteiger partial charge in [-0.25, -0.2) is 0 Å². The smallest absolute Gasteiger partial charge is 0.127 e. The first-order valence-corrected chi connectivity index (χ1v) is 17.2. The van der Waals surface area contributed by atoms with Crippen molar-refractivity contribution >= 4 is 21.5 Å². The first-order chi connectivity index (χ1) is 21.8. The molecule has 0 bridgehead atoms. The second-order valence-electron chi connectivity index (χ2n) is 12.1. The van der Waals surface area contributed by atoms with E-state index in [1.165, 1.54) is 96.9 Å². The van der Waals surface area contributed by atoms with Gasteiger partial charge in [0.2, 0.25) is 0 Å². The summed E-state index contributed by atoms with van der Waals surface area (Å²) in [6, 6.07) is 35.0. The van der Waals surface area contributed by atoms with Gasteiger partial charge in [0.25, 0.3) is 0 Å². The van der Waals surface area contributed by atoms with Crippen LogP contribution in [0, 0.1) is 0 Å². The van der Waals surface area contributed by atoms with Crippen molar-refractivity contribution in [1.82, 2.24) is 0 Å². The molecule has 5 rings (SSSR count). The molecule has 0 radical (unpaired) electrons. The minimum Gasteiger partial charge on any atom is -0.493 e. The van der Waals surface area contributed by atoms with Gasteiger partial charge in [0.1, 0.15) is 11.5 Å². The number of para-hydroxylation sites is 2. The van der Waals surface area contributed by atoms with E-state index in [1.54, 1.807) is 0 Å². The molecule has 0 aromatic heterocycles. The summed E-state index contributed by atoms with van der Waals surface area (Å²) in [7, 11) is 0. The zero-order chi connectivity index (χ0) is 30.4. The Hall–Kier alpha value is -3.78. The summed E-state index contributed by atoms with van der Waals surface area (Å²) in [6.07, 6.45) is 15.1. The largest absolute Gasteiger partial charge is 0.493 e. The molecule has 2 nitrogen and oxygen atoms in total. The van der Waals surface area contributed by atoms with Crippen molar-refractivity contribution in [3.8, 4) is 33.8 Å². The Morgan fingerprint density at radius 2 is 0.955 bits per heavy atom. The van der Waals surface area contributed by atoms with Gasteiger partial charge < -0.3 is 9.47 Å². The number of benzene rings is 5. The summed E-state index contributed by atoms with van der Waals surface area (Å²) in [6.45, 7) is 6.05. The SMILES string of the molecule is CCCCCCCCOc1ccccc1-c1ccc2ccc3cccc(-c4ccccc4OCCCCCCCC)c3c2c1. The number of hydrogen-bond donors (Lipinski definition) is 0. The van der Waals surface area contributed by atoms with Gasteiger partial charge in [0, 0.05) is 11.1 Å².